The van der Waals surface area contributed by atoms with Crippen molar-refractivity contribution in [2.24, 2.45) is 4.99 Å². The molecule has 0 saturated heterocycles. The number of aliphatic imine (C=N–C) groups is 1. The van der Waals surface area contributed by atoms with E-state index >= 15 is 0 Å². The zero-order chi connectivity index (χ0) is 14.1. The summed E-state index contributed by atoms with van der Waals surface area (Å²) in [5, 5.41) is 6.49. The van der Waals surface area contributed by atoms with Gasteiger partial charge in [0, 0.05) is 13.6 Å². The number of benzene rings is 1. The standard InChI is InChI=1S/C15H25N3O/c1-5-10-17-15(16-4)18-11-13(3)19-14-9-7-6-8-12(14)2/h6-9,13H,5,10-11H2,1-4H3,(H2,16,17,18). The number of hydrogen-bond acceptors (Lipinski definition) is 2. The van der Waals surface area contributed by atoms with Crippen LogP contribution in [0, 0.1) is 6.92 Å². The second-order valence-corrected chi connectivity index (χ2v) is 4.57. The van der Waals surface area contributed by atoms with Gasteiger partial charge in [0.1, 0.15) is 11.9 Å². The first-order valence-corrected chi connectivity index (χ1v) is 6.84. The van der Waals surface area contributed by atoms with Gasteiger partial charge in [-0.05, 0) is 31.9 Å². The quantitative estimate of drug-likeness (QED) is 0.611. The van der Waals surface area contributed by atoms with E-state index in [4.69, 9.17) is 4.74 Å². The van der Waals surface area contributed by atoms with Crippen molar-refractivity contribution in [2.75, 3.05) is 20.1 Å². The van der Waals surface area contributed by atoms with Gasteiger partial charge in [0.25, 0.3) is 0 Å². The molecule has 1 atom stereocenters. The molecule has 1 unspecified atom stereocenters. The normalized spacial score (nSPS) is 12.9. The molecule has 1 aromatic carbocycles. The number of nitrogens with one attached hydrogen (secondary N) is 2. The van der Waals surface area contributed by atoms with Crippen molar-refractivity contribution in [1.29, 1.82) is 0 Å². The minimum Gasteiger partial charge on any atom is -0.489 e. The predicted octanol–water partition coefficient (Wildman–Crippen LogP) is 2.34. The molecule has 19 heavy (non-hydrogen) atoms. The van der Waals surface area contributed by atoms with Gasteiger partial charge in [0.2, 0.25) is 0 Å². The SMILES string of the molecule is CCCNC(=NC)NCC(C)Oc1ccccc1C. The van der Waals surface area contributed by atoms with Crippen LogP contribution in [-0.4, -0.2) is 32.2 Å². The van der Waals surface area contributed by atoms with Crippen molar-refractivity contribution in [3.8, 4) is 5.75 Å². The van der Waals surface area contributed by atoms with E-state index in [9.17, 15) is 0 Å². The van der Waals surface area contributed by atoms with Gasteiger partial charge >= 0.3 is 0 Å². The third-order valence-electron chi connectivity index (χ3n) is 2.74. The van der Waals surface area contributed by atoms with Crippen LogP contribution < -0.4 is 15.4 Å². The fraction of sp³-hybridized carbons (Fsp3) is 0.533. The fourth-order valence-corrected chi connectivity index (χ4v) is 1.65. The molecule has 0 saturated carbocycles. The van der Waals surface area contributed by atoms with Crippen LogP contribution in [0.25, 0.3) is 0 Å². The number of hydrogen-bond donors (Lipinski definition) is 2. The summed E-state index contributed by atoms with van der Waals surface area (Å²) in [4.78, 5) is 4.16. The number of rotatable bonds is 6. The van der Waals surface area contributed by atoms with Crippen LogP contribution in [-0.2, 0) is 0 Å². The van der Waals surface area contributed by atoms with E-state index in [1.807, 2.05) is 25.1 Å². The van der Waals surface area contributed by atoms with E-state index < -0.39 is 0 Å². The molecule has 2 N–H and O–H groups in total. The highest BCUT2D eigenvalue weighted by atomic mass is 16.5. The summed E-state index contributed by atoms with van der Waals surface area (Å²) in [7, 11) is 1.78. The highest BCUT2D eigenvalue weighted by Gasteiger charge is 2.06. The molecule has 4 heteroatoms. The molecular weight excluding hydrogens is 238 g/mol. The summed E-state index contributed by atoms with van der Waals surface area (Å²) >= 11 is 0. The van der Waals surface area contributed by atoms with Crippen LogP contribution in [0.4, 0.5) is 0 Å². The second kappa shape index (κ2) is 8.40. The Kier molecular flexibility index (Phi) is 6.79. The molecule has 0 heterocycles. The van der Waals surface area contributed by atoms with Gasteiger partial charge in [-0.25, -0.2) is 0 Å². The van der Waals surface area contributed by atoms with E-state index in [0.29, 0.717) is 0 Å². The lowest BCUT2D eigenvalue weighted by Gasteiger charge is -2.18. The van der Waals surface area contributed by atoms with Gasteiger partial charge in [0.15, 0.2) is 5.96 Å². The highest BCUT2D eigenvalue weighted by molar-refractivity contribution is 5.79. The molecular formula is C15H25N3O. The molecule has 1 rings (SSSR count). The molecule has 0 aliphatic heterocycles. The van der Waals surface area contributed by atoms with Crippen LogP contribution in [0.15, 0.2) is 29.3 Å². The van der Waals surface area contributed by atoms with E-state index in [-0.39, 0.29) is 6.10 Å². The Hall–Kier alpha value is -1.71. The lowest BCUT2D eigenvalue weighted by atomic mass is 10.2. The predicted molar refractivity (Wildman–Crippen MR) is 80.9 cm³/mol. The summed E-state index contributed by atoms with van der Waals surface area (Å²) in [5.41, 5.74) is 1.16. The van der Waals surface area contributed by atoms with Crippen molar-refractivity contribution >= 4 is 5.96 Å². The van der Waals surface area contributed by atoms with Gasteiger partial charge in [-0.1, -0.05) is 25.1 Å². The van der Waals surface area contributed by atoms with Gasteiger partial charge in [-0.2, -0.15) is 0 Å². The zero-order valence-electron chi connectivity index (χ0n) is 12.4. The Labute approximate surface area is 116 Å². The molecule has 106 valence electrons. The van der Waals surface area contributed by atoms with Crippen molar-refractivity contribution in [2.45, 2.75) is 33.3 Å². The van der Waals surface area contributed by atoms with Crippen LogP contribution in [0.5, 0.6) is 5.75 Å². The average Bonchev–Trinajstić information content (AvgIpc) is 2.41. The van der Waals surface area contributed by atoms with E-state index in [1.165, 1.54) is 0 Å². The molecule has 4 nitrogen and oxygen atoms in total. The summed E-state index contributed by atoms with van der Waals surface area (Å²) in [5.74, 6) is 1.76. The van der Waals surface area contributed by atoms with Crippen LogP contribution in [0.3, 0.4) is 0 Å². The molecule has 0 bridgehead atoms. The lowest BCUT2D eigenvalue weighted by molar-refractivity contribution is 0.222. The van der Waals surface area contributed by atoms with Crippen molar-refractivity contribution in [3.05, 3.63) is 29.8 Å². The molecule has 0 fully saturated rings. The molecule has 0 aromatic heterocycles. The first kappa shape index (κ1) is 15.3. The van der Waals surface area contributed by atoms with Gasteiger partial charge in [-0.15, -0.1) is 0 Å². The van der Waals surface area contributed by atoms with E-state index in [1.54, 1.807) is 7.05 Å². The van der Waals surface area contributed by atoms with Crippen molar-refractivity contribution < 1.29 is 4.74 Å². The molecule has 0 radical (unpaired) electrons. The minimum absolute atomic E-state index is 0.0845. The van der Waals surface area contributed by atoms with Crippen LogP contribution >= 0.6 is 0 Å². The number of nitrogens with zero attached hydrogens (tertiary/aromatic N) is 1. The average molecular weight is 263 g/mol. The zero-order valence-corrected chi connectivity index (χ0v) is 12.4. The Morgan fingerprint density at radius 3 is 2.68 bits per heavy atom. The maximum Gasteiger partial charge on any atom is 0.191 e. The van der Waals surface area contributed by atoms with Crippen molar-refractivity contribution in [1.82, 2.24) is 10.6 Å². The Morgan fingerprint density at radius 2 is 2.05 bits per heavy atom. The monoisotopic (exact) mass is 263 g/mol. The maximum absolute atomic E-state index is 5.90. The Morgan fingerprint density at radius 1 is 1.32 bits per heavy atom. The minimum atomic E-state index is 0.0845. The Balaban J connectivity index is 2.39. The van der Waals surface area contributed by atoms with Gasteiger partial charge in [0.05, 0.1) is 6.54 Å². The molecule has 0 aliphatic carbocycles. The summed E-state index contributed by atoms with van der Waals surface area (Å²) in [6, 6.07) is 8.05. The van der Waals surface area contributed by atoms with Crippen molar-refractivity contribution in [3.63, 3.8) is 0 Å². The smallest absolute Gasteiger partial charge is 0.191 e. The first-order valence-electron chi connectivity index (χ1n) is 6.84. The Bertz CT molecular complexity index is 404. The van der Waals surface area contributed by atoms with Crippen LogP contribution in [0.1, 0.15) is 25.8 Å². The summed E-state index contributed by atoms with van der Waals surface area (Å²) < 4.78 is 5.90. The van der Waals surface area contributed by atoms with E-state index in [0.717, 1.165) is 36.8 Å². The number of guanidine groups is 1. The highest BCUT2D eigenvalue weighted by Crippen LogP contribution is 2.17. The molecule has 1 aromatic rings. The third kappa shape index (κ3) is 5.64. The molecule has 0 aliphatic rings. The summed E-state index contributed by atoms with van der Waals surface area (Å²) in [6.07, 6.45) is 1.16. The molecule has 0 spiro atoms. The third-order valence-corrected chi connectivity index (χ3v) is 2.74. The fourth-order valence-electron chi connectivity index (χ4n) is 1.65. The first-order chi connectivity index (χ1) is 9.17. The second-order valence-electron chi connectivity index (χ2n) is 4.57. The summed E-state index contributed by atoms with van der Waals surface area (Å²) in [6.45, 7) is 7.87. The lowest BCUT2D eigenvalue weighted by Crippen LogP contribution is -2.42. The van der Waals surface area contributed by atoms with E-state index in [2.05, 4.69) is 35.5 Å². The number of para-hydroxylation sites is 1. The van der Waals surface area contributed by atoms with Crippen LogP contribution in [0.2, 0.25) is 0 Å². The molecule has 0 amide bonds. The van der Waals surface area contributed by atoms with Gasteiger partial charge in [-0.3, -0.25) is 4.99 Å². The number of ether oxygens (including phenoxy) is 1. The largest absolute Gasteiger partial charge is 0.489 e. The maximum atomic E-state index is 5.90. The topological polar surface area (TPSA) is 45.7 Å². The number of aryl methyl sites for hydroxylation is 1. The van der Waals surface area contributed by atoms with Gasteiger partial charge < -0.3 is 15.4 Å².